The molecule has 0 aromatic heterocycles. The first-order valence-corrected chi connectivity index (χ1v) is 7.94. The van der Waals surface area contributed by atoms with Crippen LogP contribution in [0.3, 0.4) is 0 Å². The van der Waals surface area contributed by atoms with Gasteiger partial charge in [-0.15, -0.1) is 0 Å². The van der Waals surface area contributed by atoms with Crippen LogP contribution in [0.2, 0.25) is 0 Å². The molecule has 1 aliphatic carbocycles. The number of piperidine rings is 1. The van der Waals surface area contributed by atoms with E-state index in [9.17, 15) is 9.59 Å². The number of hydrogen-bond acceptors (Lipinski definition) is 3. The van der Waals surface area contributed by atoms with Gasteiger partial charge in [-0.05, 0) is 49.8 Å². The summed E-state index contributed by atoms with van der Waals surface area (Å²) in [5, 5.41) is 0. The van der Waals surface area contributed by atoms with Crippen LogP contribution in [-0.2, 0) is 4.74 Å². The first kappa shape index (κ1) is 15.0. The average Bonchev–Trinajstić information content (AvgIpc) is 3.37. The second-order valence-corrected chi connectivity index (χ2v) is 6.24. The highest BCUT2D eigenvalue weighted by molar-refractivity contribution is 5.99. The molecule has 2 amide bonds. The molecule has 0 radical (unpaired) electrons. The molecule has 1 aromatic rings. The molecule has 118 valence electrons. The SMILES string of the molecule is NC(=O)c1cccc(C(=O)N2CCCC(OCC3CC3)C2)c1. The first-order chi connectivity index (χ1) is 10.6. The summed E-state index contributed by atoms with van der Waals surface area (Å²) in [5.41, 5.74) is 6.15. The quantitative estimate of drug-likeness (QED) is 0.901. The van der Waals surface area contributed by atoms with Gasteiger partial charge in [0.1, 0.15) is 0 Å². The van der Waals surface area contributed by atoms with E-state index >= 15 is 0 Å². The summed E-state index contributed by atoms with van der Waals surface area (Å²) >= 11 is 0. The summed E-state index contributed by atoms with van der Waals surface area (Å²) in [6.45, 7) is 2.19. The number of primary amides is 1. The van der Waals surface area contributed by atoms with Gasteiger partial charge in [0, 0.05) is 30.8 Å². The second kappa shape index (κ2) is 6.48. The number of nitrogens with zero attached hydrogens (tertiary/aromatic N) is 1. The van der Waals surface area contributed by atoms with Crippen LogP contribution in [0.1, 0.15) is 46.4 Å². The molecule has 1 unspecified atom stereocenters. The minimum Gasteiger partial charge on any atom is -0.376 e. The largest absolute Gasteiger partial charge is 0.376 e. The normalized spacial score (nSPS) is 21.6. The Morgan fingerprint density at radius 1 is 1.23 bits per heavy atom. The van der Waals surface area contributed by atoms with Gasteiger partial charge in [0.05, 0.1) is 6.10 Å². The van der Waals surface area contributed by atoms with Crippen molar-refractivity contribution < 1.29 is 14.3 Å². The van der Waals surface area contributed by atoms with Crippen LogP contribution >= 0.6 is 0 Å². The van der Waals surface area contributed by atoms with E-state index in [1.165, 1.54) is 12.8 Å². The third kappa shape index (κ3) is 3.65. The number of rotatable bonds is 5. The standard InChI is InChI=1S/C17H22N2O3/c18-16(20)13-3-1-4-14(9-13)17(21)19-8-2-5-15(10-19)22-11-12-6-7-12/h1,3-4,9,12,15H,2,5-8,10-11H2,(H2,18,20). The molecule has 22 heavy (non-hydrogen) atoms. The van der Waals surface area contributed by atoms with Gasteiger partial charge in [0.2, 0.25) is 5.91 Å². The van der Waals surface area contributed by atoms with Crippen molar-refractivity contribution in [1.29, 1.82) is 0 Å². The fraction of sp³-hybridized carbons (Fsp3) is 0.529. The van der Waals surface area contributed by atoms with E-state index < -0.39 is 5.91 Å². The Balaban J connectivity index is 1.62. The van der Waals surface area contributed by atoms with Gasteiger partial charge in [0.25, 0.3) is 5.91 Å². The van der Waals surface area contributed by atoms with E-state index in [0.29, 0.717) is 17.7 Å². The number of carbonyl (C=O) groups excluding carboxylic acids is 2. The van der Waals surface area contributed by atoms with Crippen molar-refractivity contribution >= 4 is 11.8 Å². The van der Waals surface area contributed by atoms with E-state index in [-0.39, 0.29) is 12.0 Å². The Morgan fingerprint density at radius 3 is 2.73 bits per heavy atom. The van der Waals surface area contributed by atoms with Crippen molar-refractivity contribution in [3.8, 4) is 0 Å². The fourth-order valence-corrected chi connectivity index (χ4v) is 2.80. The molecular weight excluding hydrogens is 280 g/mol. The van der Waals surface area contributed by atoms with Gasteiger partial charge in [-0.25, -0.2) is 0 Å². The molecule has 1 aliphatic heterocycles. The van der Waals surface area contributed by atoms with E-state index in [2.05, 4.69) is 0 Å². The molecule has 2 aliphatic rings. The molecule has 2 N–H and O–H groups in total. The molecule has 1 saturated carbocycles. The molecule has 1 atom stereocenters. The predicted octanol–water partition coefficient (Wildman–Crippen LogP) is 1.82. The van der Waals surface area contributed by atoms with Crippen LogP contribution < -0.4 is 5.73 Å². The molecule has 1 heterocycles. The van der Waals surface area contributed by atoms with Crippen LogP contribution in [-0.4, -0.2) is 42.5 Å². The van der Waals surface area contributed by atoms with Crippen molar-refractivity contribution in [2.45, 2.75) is 31.8 Å². The summed E-state index contributed by atoms with van der Waals surface area (Å²) in [6, 6.07) is 6.61. The zero-order chi connectivity index (χ0) is 15.5. The third-order valence-electron chi connectivity index (χ3n) is 4.32. The summed E-state index contributed by atoms with van der Waals surface area (Å²) < 4.78 is 5.92. The number of ether oxygens (including phenoxy) is 1. The van der Waals surface area contributed by atoms with Crippen molar-refractivity contribution in [1.82, 2.24) is 4.90 Å². The maximum Gasteiger partial charge on any atom is 0.253 e. The summed E-state index contributed by atoms with van der Waals surface area (Å²) in [5.74, 6) is 0.167. The van der Waals surface area contributed by atoms with Crippen LogP contribution in [0, 0.1) is 5.92 Å². The minimum atomic E-state index is -0.515. The molecule has 3 rings (SSSR count). The Kier molecular flexibility index (Phi) is 4.43. The third-order valence-corrected chi connectivity index (χ3v) is 4.32. The summed E-state index contributed by atoms with van der Waals surface area (Å²) in [4.78, 5) is 25.6. The molecular formula is C17H22N2O3. The molecule has 5 heteroatoms. The van der Waals surface area contributed by atoms with E-state index in [1.54, 1.807) is 24.3 Å². The fourth-order valence-electron chi connectivity index (χ4n) is 2.80. The maximum absolute atomic E-state index is 12.6. The smallest absolute Gasteiger partial charge is 0.253 e. The molecule has 1 aromatic carbocycles. The highest BCUT2D eigenvalue weighted by Gasteiger charge is 2.28. The monoisotopic (exact) mass is 302 g/mol. The van der Waals surface area contributed by atoms with Gasteiger partial charge >= 0.3 is 0 Å². The number of carbonyl (C=O) groups is 2. The summed E-state index contributed by atoms with van der Waals surface area (Å²) in [7, 11) is 0. The lowest BCUT2D eigenvalue weighted by Crippen LogP contribution is -2.43. The highest BCUT2D eigenvalue weighted by Crippen LogP contribution is 2.30. The predicted molar refractivity (Wildman–Crippen MR) is 82.6 cm³/mol. The van der Waals surface area contributed by atoms with Crippen LogP contribution in [0.25, 0.3) is 0 Å². The lowest BCUT2D eigenvalue weighted by molar-refractivity contribution is -0.00242. The van der Waals surface area contributed by atoms with Gasteiger partial charge in [0.15, 0.2) is 0 Å². The Hall–Kier alpha value is -1.88. The Morgan fingerprint density at radius 2 is 2.00 bits per heavy atom. The zero-order valence-electron chi connectivity index (χ0n) is 12.7. The van der Waals surface area contributed by atoms with Crippen molar-refractivity contribution in [3.05, 3.63) is 35.4 Å². The molecule has 0 bridgehead atoms. The van der Waals surface area contributed by atoms with E-state index in [0.717, 1.165) is 31.9 Å². The number of hydrogen-bond donors (Lipinski definition) is 1. The lowest BCUT2D eigenvalue weighted by Gasteiger charge is -2.32. The average molecular weight is 302 g/mol. The molecule has 1 saturated heterocycles. The van der Waals surface area contributed by atoms with E-state index in [1.807, 2.05) is 4.90 Å². The van der Waals surface area contributed by atoms with Crippen molar-refractivity contribution in [2.24, 2.45) is 11.7 Å². The van der Waals surface area contributed by atoms with Crippen LogP contribution in [0.4, 0.5) is 0 Å². The topological polar surface area (TPSA) is 72.6 Å². The maximum atomic E-state index is 12.6. The zero-order valence-corrected chi connectivity index (χ0v) is 12.7. The van der Waals surface area contributed by atoms with Crippen LogP contribution in [0.5, 0.6) is 0 Å². The van der Waals surface area contributed by atoms with Gasteiger partial charge in [-0.2, -0.15) is 0 Å². The number of amides is 2. The highest BCUT2D eigenvalue weighted by atomic mass is 16.5. The number of nitrogens with two attached hydrogens (primary N) is 1. The Labute approximate surface area is 130 Å². The number of benzene rings is 1. The van der Waals surface area contributed by atoms with Gasteiger partial charge in [-0.1, -0.05) is 6.07 Å². The summed E-state index contributed by atoms with van der Waals surface area (Å²) in [6.07, 6.45) is 4.65. The molecule has 0 spiro atoms. The van der Waals surface area contributed by atoms with E-state index in [4.69, 9.17) is 10.5 Å². The molecule has 5 nitrogen and oxygen atoms in total. The van der Waals surface area contributed by atoms with Crippen molar-refractivity contribution in [3.63, 3.8) is 0 Å². The van der Waals surface area contributed by atoms with Crippen molar-refractivity contribution in [2.75, 3.05) is 19.7 Å². The van der Waals surface area contributed by atoms with Gasteiger partial charge < -0.3 is 15.4 Å². The van der Waals surface area contributed by atoms with Crippen LogP contribution in [0.15, 0.2) is 24.3 Å². The minimum absolute atomic E-state index is 0.0529. The first-order valence-electron chi connectivity index (χ1n) is 7.94. The lowest BCUT2D eigenvalue weighted by atomic mass is 10.0. The van der Waals surface area contributed by atoms with Gasteiger partial charge in [-0.3, -0.25) is 9.59 Å². The molecule has 2 fully saturated rings. The Bertz CT molecular complexity index is 569. The number of likely N-dealkylation sites (tertiary alicyclic amines) is 1. The second-order valence-electron chi connectivity index (χ2n) is 6.24.